The second kappa shape index (κ2) is 10.7. The molecule has 40 heavy (non-hydrogen) atoms. The predicted molar refractivity (Wildman–Crippen MR) is 158 cm³/mol. The highest BCUT2D eigenvalue weighted by atomic mass is 32.2. The molecule has 0 radical (unpaired) electrons. The van der Waals surface area contributed by atoms with Crippen LogP contribution >= 0.6 is 23.1 Å². The monoisotopic (exact) mass is 575 g/mol. The Bertz CT molecular complexity index is 1760. The van der Waals surface area contributed by atoms with Crippen LogP contribution in [0.25, 0.3) is 21.7 Å². The molecule has 1 aliphatic rings. The molecule has 1 aliphatic heterocycles. The van der Waals surface area contributed by atoms with Crippen LogP contribution in [0.3, 0.4) is 0 Å². The van der Waals surface area contributed by atoms with Crippen molar-refractivity contribution in [2.24, 2.45) is 5.92 Å². The van der Waals surface area contributed by atoms with Crippen LogP contribution in [0.5, 0.6) is 5.75 Å². The zero-order valence-electron chi connectivity index (χ0n) is 22.6. The topological polar surface area (TPSA) is 99.8 Å². The molecular formula is C29H29N5O4S2. The molecule has 0 saturated carbocycles. The zero-order valence-corrected chi connectivity index (χ0v) is 24.2. The maximum Gasteiger partial charge on any atom is 0.268 e. The first-order valence-electron chi connectivity index (χ1n) is 13.1. The first-order chi connectivity index (χ1) is 19.4. The van der Waals surface area contributed by atoms with Crippen molar-refractivity contribution in [2.45, 2.75) is 50.3 Å². The van der Waals surface area contributed by atoms with Crippen molar-refractivity contribution in [3.63, 3.8) is 0 Å². The number of para-hydroxylation sites is 1. The molecule has 5 aromatic rings. The van der Waals surface area contributed by atoms with Crippen molar-refractivity contribution >= 4 is 50.7 Å². The molecule has 2 atom stereocenters. The minimum absolute atomic E-state index is 0.0336. The van der Waals surface area contributed by atoms with Crippen LogP contribution < -0.4 is 15.6 Å². The normalized spacial score (nSPS) is 15.9. The molecule has 0 unspecified atom stereocenters. The molecule has 3 aromatic heterocycles. The number of hydrogen-bond donors (Lipinski definition) is 1. The Morgan fingerprint density at radius 3 is 2.58 bits per heavy atom. The van der Waals surface area contributed by atoms with E-state index in [1.807, 2.05) is 65.9 Å². The molecule has 0 bridgehead atoms. The third-order valence-corrected chi connectivity index (χ3v) is 9.34. The van der Waals surface area contributed by atoms with E-state index < -0.39 is 5.25 Å². The molecule has 11 heteroatoms. The number of rotatable bonds is 7. The highest BCUT2D eigenvalue weighted by Gasteiger charge is 2.31. The Hall–Kier alpha value is -3.67. The number of methoxy groups -OCH3 is 1. The summed E-state index contributed by atoms with van der Waals surface area (Å²) in [6.45, 7) is 6.56. The summed E-state index contributed by atoms with van der Waals surface area (Å²) in [5.74, 6) is 1.25. The first-order valence-corrected chi connectivity index (χ1v) is 14.8. The second-order valence-corrected chi connectivity index (χ2v) is 12.4. The molecule has 0 saturated heterocycles. The van der Waals surface area contributed by atoms with Crippen molar-refractivity contribution in [1.82, 2.24) is 19.2 Å². The van der Waals surface area contributed by atoms with Gasteiger partial charge >= 0.3 is 0 Å². The average Bonchev–Trinajstić information content (AvgIpc) is 3.55. The summed E-state index contributed by atoms with van der Waals surface area (Å²) in [7, 11) is 1.60. The van der Waals surface area contributed by atoms with Gasteiger partial charge in [0.15, 0.2) is 5.16 Å². The smallest absolute Gasteiger partial charge is 0.268 e. The van der Waals surface area contributed by atoms with E-state index in [2.05, 4.69) is 29.4 Å². The predicted octanol–water partition coefficient (Wildman–Crippen LogP) is 5.32. The number of amides is 1. The van der Waals surface area contributed by atoms with Gasteiger partial charge in [0.25, 0.3) is 5.56 Å². The lowest BCUT2D eigenvalue weighted by Gasteiger charge is -2.26. The fourth-order valence-electron chi connectivity index (χ4n) is 4.88. The number of fused-ring (bicyclic) bond motifs is 5. The Kier molecular flexibility index (Phi) is 7.11. The van der Waals surface area contributed by atoms with E-state index in [0.717, 1.165) is 21.0 Å². The van der Waals surface area contributed by atoms with E-state index in [1.54, 1.807) is 11.7 Å². The number of carbonyl (C=O) groups is 1. The van der Waals surface area contributed by atoms with Crippen LogP contribution in [0.1, 0.15) is 31.2 Å². The van der Waals surface area contributed by atoms with E-state index in [9.17, 15) is 9.59 Å². The van der Waals surface area contributed by atoms with Crippen LogP contribution in [-0.2, 0) is 22.6 Å². The summed E-state index contributed by atoms with van der Waals surface area (Å²) >= 11 is 2.84. The fraction of sp³-hybridized carbons (Fsp3) is 0.310. The van der Waals surface area contributed by atoms with Crippen molar-refractivity contribution < 1.29 is 14.3 Å². The van der Waals surface area contributed by atoms with Gasteiger partial charge in [-0.05, 0) is 54.8 Å². The number of anilines is 1. The number of thioether (sulfide) groups is 1. The maximum atomic E-state index is 14.2. The number of nitrogens with zero attached hydrogens (tertiary/aromatic N) is 4. The van der Waals surface area contributed by atoms with Gasteiger partial charge in [-0.15, -0.1) is 21.5 Å². The van der Waals surface area contributed by atoms with Crippen molar-refractivity contribution in [2.75, 3.05) is 12.4 Å². The number of nitrogens with one attached hydrogen (secondary N) is 1. The van der Waals surface area contributed by atoms with Gasteiger partial charge in [0.2, 0.25) is 11.7 Å². The lowest BCUT2D eigenvalue weighted by atomic mass is 9.96. The summed E-state index contributed by atoms with van der Waals surface area (Å²) in [5, 5.41) is 12.6. The van der Waals surface area contributed by atoms with Crippen LogP contribution in [0.2, 0.25) is 0 Å². The molecule has 0 fully saturated rings. The SMILES string of the molecule is COc1ccc(-n2c(=O)c3c4c(sc3n3c(S[C@H](C)C(=O)Nc5ccccc5)nnc23)CO[C@@H](C(C)C)C4)cc1. The number of aromatic nitrogens is 4. The molecular weight excluding hydrogens is 546 g/mol. The molecule has 1 amide bonds. The van der Waals surface area contributed by atoms with Gasteiger partial charge in [-0.3, -0.25) is 9.59 Å². The summed E-state index contributed by atoms with van der Waals surface area (Å²) in [5.41, 5.74) is 2.27. The quantitative estimate of drug-likeness (QED) is 0.262. The summed E-state index contributed by atoms with van der Waals surface area (Å²) in [6.07, 6.45) is 0.697. The lowest BCUT2D eigenvalue weighted by molar-refractivity contribution is -0.115. The van der Waals surface area contributed by atoms with Gasteiger partial charge in [0, 0.05) is 17.0 Å². The Morgan fingerprint density at radius 1 is 1.12 bits per heavy atom. The molecule has 1 N–H and O–H groups in total. The van der Waals surface area contributed by atoms with Gasteiger partial charge in [-0.2, -0.15) is 0 Å². The lowest BCUT2D eigenvalue weighted by Crippen LogP contribution is -2.28. The number of ether oxygens (including phenoxy) is 2. The number of carbonyl (C=O) groups excluding carboxylic acids is 1. The maximum absolute atomic E-state index is 14.2. The Labute approximate surface area is 239 Å². The zero-order chi connectivity index (χ0) is 28.0. The summed E-state index contributed by atoms with van der Waals surface area (Å²) in [4.78, 5) is 29.0. The van der Waals surface area contributed by atoms with Gasteiger partial charge in [0.05, 0.1) is 36.1 Å². The van der Waals surface area contributed by atoms with E-state index in [-0.39, 0.29) is 17.6 Å². The van der Waals surface area contributed by atoms with Crippen molar-refractivity contribution in [1.29, 1.82) is 0 Å². The van der Waals surface area contributed by atoms with E-state index in [4.69, 9.17) is 9.47 Å². The fourth-order valence-corrected chi connectivity index (χ4v) is 7.03. The molecule has 9 nitrogen and oxygen atoms in total. The number of hydrogen-bond acceptors (Lipinski definition) is 8. The van der Waals surface area contributed by atoms with Gasteiger partial charge in [-0.25, -0.2) is 8.97 Å². The Morgan fingerprint density at radius 2 is 1.88 bits per heavy atom. The van der Waals surface area contributed by atoms with Crippen LogP contribution in [0.15, 0.2) is 64.5 Å². The Balaban J connectivity index is 1.50. The minimum Gasteiger partial charge on any atom is -0.497 e. The third-order valence-electron chi connectivity index (χ3n) is 7.11. The molecule has 206 valence electrons. The molecule has 2 aromatic carbocycles. The third kappa shape index (κ3) is 4.67. The number of thiophene rings is 1. The largest absolute Gasteiger partial charge is 0.497 e. The van der Waals surface area contributed by atoms with Crippen LogP contribution in [0.4, 0.5) is 5.69 Å². The molecule has 6 rings (SSSR count). The first kappa shape index (κ1) is 26.5. The summed E-state index contributed by atoms with van der Waals surface area (Å²) < 4.78 is 15.0. The van der Waals surface area contributed by atoms with E-state index >= 15 is 0 Å². The van der Waals surface area contributed by atoms with Gasteiger partial charge < -0.3 is 14.8 Å². The molecule has 0 aliphatic carbocycles. The minimum atomic E-state index is -0.465. The summed E-state index contributed by atoms with van der Waals surface area (Å²) in [6, 6.07) is 16.7. The van der Waals surface area contributed by atoms with Crippen LogP contribution in [-0.4, -0.2) is 43.5 Å². The second-order valence-electron chi connectivity index (χ2n) is 10.1. The van der Waals surface area contributed by atoms with Gasteiger partial charge in [0.1, 0.15) is 10.6 Å². The average molecular weight is 576 g/mol. The number of benzene rings is 2. The van der Waals surface area contributed by atoms with Gasteiger partial charge in [-0.1, -0.05) is 43.8 Å². The van der Waals surface area contributed by atoms with Crippen molar-refractivity contribution in [3.05, 3.63) is 75.4 Å². The highest BCUT2D eigenvalue weighted by molar-refractivity contribution is 8.00. The molecule has 4 heterocycles. The van der Waals surface area contributed by atoms with Crippen molar-refractivity contribution in [3.8, 4) is 11.4 Å². The highest BCUT2D eigenvalue weighted by Crippen LogP contribution is 2.38. The van der Waals surface area contributed by atoms with E-state index in [1.165, 1.54) is 23.1 Å². The van der Waals surface area contributed by atoms with Crippen LogP contribution in [0, 0.1) is 5.92 Å². The molecule has 0 spiro atoms. The van der Waals surface area contributed by atoms with E-state index in [0.29, 0.717) is 46.7 Å². The standard InChI is InChI=1S/C29H29N5O4S2/c1-16(2)22-14-21-23(15-38-22)40-27-24(21)26(36)33(19-10-12-20(37-4)13-11-19)28-31-32-29(34(27)28)39-17(3)25(35)30-18-8-6-5-7-9-18/h5-13,16-17,22H,14-15H2,1-4H3,(H,30,35)/t17-,22-/m1/s1.